The standard InChI is InChI=1S/C22H29FN2O4/c23-18-4-2-1-3-17(18)15-16-8-13-25(14-9-16)20(27)6-11-22(12-7-21(28)29)10-5-19(26)24-22/h1-4,16H,5-15H2,(H,24,26)(H,28,29)/t22-/m1/s1. The summed E-state index contributed by atoms with van der Waals surface area (Å²) in [6.07, 6.45) is 4.47. The van der Waals surface area contributed by atoms with Crippen LogP contribution in [0.15, 0.2) is 24.3 Å². The number of hydrogen-bond donors (Lipinski definition) is 2. The van der Waals surface area contributed by atoms with Gasteiger partial charge in [-0.2, -0.15) is 0 Å². The highest BCUT2D eigenvalue weighted by molar-refractivity contribution is 5.80. The maximum Gasteiger partial charge on any atom is 0.303 e. The van der Waals surface area contributed by atoms with E-state index in [-0.39, 0.29) is 24.1 Å². The lowest BCUT2D eigenvalue weighted by molar-refractivity contribution is -0.137. The second-order valence-electron chi connectivity index (χ2n) is 8.34. The third-order valence-electron chi connectivity index (χ3n) is 6.30. The summed E-state index contributed by atoms with van der Waals surface area (Å²) in [5.41, 5.74) is 0.156. The number of carboxylic acids is 1. The van der Waals surface area contributed by atoms with Gasteiger partial charge >= 0.3 is 5.97 Å². The molecule has 0 bridgehead atoms. The molecule has 1 aromatic carbocycles. The van der Waals surface area contributed by atoms with Crippen molar-refractivity contribution in [2.45, 2.75) is 63.3 Å². The lowest BCUT2D eigenvalue weighted by atomic mass is 9.86. The van der Waals surface area contributed by atoms with E-state index in [4.69, 9.17) is 5.11 Å². The van der Waals surface area contributed by atoms with Gasteiger partial charge in [-0.05, 0) is 56.1 Å². The molecular formula is C22H29FN2O4. The first-order valence-electron chi connectivity index (χ1n) is 10.4. The molecule has 0 radical (unpaired) electrons. The summed E-state index contributed by atoms with van der Waals surface area (Å²) >= 11 is 0. The Morgan fingerprint density at radius 2 is 1.86 bits per heavy atom. The zero-order chi connectivity index (χ0) is 20.9. The fraction of sp³-hybridized carbons (Fsp3) is 0.591. The largest absolute Gasteiger partial charge is 0.481 e. The fourth-order valence-electron chi connectivity index (χ4n) is 4.49. The average molecular weight is 404 g/mol. The Labute approximate surface area is 170 Å². The van der Waals surface area contributed by atoms with Crippen molar-refractivity contribution in [3.8, 4) is 0 Å². The topological polar surface area (TPSA) is 86.7 Å². The number of aliphatic carboxylic acids is 1. The van der Waals surface area contributed by atoms with Crippen LogP contribution in [-0.2, 0) is 20.8 Å². The molecule has 3 rings (SSSR count). The van der Waals surface area contributed by atoms with Crippen molar-refractivity contribution in [3.05, 3.63) is 35.6 Å². The number of amides is 2. The molecule has 2 saturated heterocycles. The van der Waals surface area contributed by atoms with Gasteiger partial charge in [0.2, 0.25) is 11.8 Å². The van der Waals surface area contributed by atoms with E-state index in [2.05, 4.69) is 5.32 Å². The number of nitrogens with one attached hydrogen (secondary N) is 1. The van der Waals surface area contributed by atoms with Gasteiger partial charge in [0.15, 0.2) is 0 Å². The molecule has 2 N–H and O–H groups in total. The number of hydrogen-bond acceptors (Lipinski definition) is 3. The number of carboxylic acid groups (broad SMARTS) is 1. The summed E-state index contributed by atoms with van der Waals surface area (Å²) in [7, 11) is 0. The lowest BCUT2D eigenvalue weighted by Gasteiger charge is -2.34. The number of nitrogens with zero attached hydrogens (tertiary/aromatic N) is 1. The van der Waals surface area contributed by atoms with Crippen LogP contribution in [0.1, 0.15) is 56.9 Å². The highest BCUT2D eigenvalue weighted by atomic mass is 19.1. The zero-order valence-electron chi connectivity index (χ0n) is 16.7. The van der Waals surface area contributed by atoms with Gasteiger partial charge in [0.05, 0.1) is 0 Å². The van der Waals surface area contributed by atoms with Crippen LogP contribution in [-0.4, -0.2) is 46.4 Å². The Hall–Kier alpha value is -2.44. The predicted octanol–water partition coefficient (Wildman–Crippen LogP) is 2.90. The Bertz CT molecular complexity index is 761. The highest BCUT2D eigenvalue weighted by Crippen LogP contribution is 2.31. The molecule has 6 nitrogen and oxygen atoms in total. The number of carbonyl (C=O) groups is 3. The van der Waals surface area contributed by atoms with E-state index in [1.165, 1.54) is 6.07 Å². The quantitative estimate of drug-likeness (QED) is 0.698. The zero-order valence-corrected chi connectivity index (χ0v) is 16.7. The van der Waals surface area contributed by atoms with Gasteiger partial charge in [-0.25, -0.2) is 4.39 Å². The van der Waals surface area contributed by atoms with Gasteiger partial charge < -0.3 is 15.3 Å². The summed E-state index contributed by atoms with van der Waals surface area (Å²) in [5.74, 6) is -0.723. The molecule has 29 heavy (non-hydrogen) atoms. The summed E-state index contributed by atoms with van der Waals surface area (Å²) in [5, 5.41) is 11.9. The smallest absolute Gasteiger partial charge is 0.303 e. The van der Waals surface area contributed by atoms with Gasteiger partial charge in [0.1, 0.15) is 5.82 Å². The molecule has 2 fully saturated rings. The SMILES string of the molecule is O=C(O)CC[C@]1(CCC(=O)N2CCC(Cc3ccccc3F)CC2)CCC(=O)N1. The van der Waals surface area contributed by atoms with E-state index in [1.54, 1.807) is 6.07 Å². The molecule has 0 unspecified atom stereocenters. The summed E-state index contributed by atoms with van der Waals surface area (Å²) < 4.78 is 13.8. The van der Waals surface area contributed by atoms with Crippen LogP contribution in [0.5, 0.6) is 0 Å². The molecule has 2 heterocycles. The van der Waals surface area contributed by atoms with Gasteiger partial charge in [-0.3, -0.25) is 14.4 Å². The van der Waals surface area contributed by atoms with Crippen LogP contribution in [0.3, 0.4) is 0 Å². The predicted molar refractivity (Wildman–Crippen MR) is 106 cm³/mol. The van der Waals surface area contributed by atoms with E-state index in [0.717, 1.165) is 18.4 Å². The van der Waals surface area contributed by atoms with Crippen molar-refractivity contribution in [1.29, 1.82) is 0 Å². The lowest BCUT2D eigenvalue weighted by Crippen LogP contribution is -2.44. The minimum absolute atomic E-state index is 0.0179. The van der Waals surface area contributed by atoms with E-state index in [9.17, 15) is 18.8 Å². The highest BCUT2D eigenvalue weighted by Gasteiger charge is 2.38. The van der Waals surface area contributed by atoms with Gasteiger partial charge in [-0.15, -0.1) is 0 Å². The average Bonchev–Trinajstić information content (AvgIpc) is 3.08. The van der Waals surface area contributed by atoms with Crippen molar-refractivity contribution >= 4 is 17.8 Å². The molecule has 7 heteroatoms. The molecule has 1 atom stereocenters. The first-order chi connectivity index (χ1) is 13.9. The molecular weight excluding hydrogens is 375 g/mol. The second-order valence-corrected chi connectivity index (χ2v) is 8.34. The van der Waals surface area contributed by atoms with Crippen LogP contribution in [0.4, 0.5) is 4.39 Å². The van der Waals surface area contributed by atoms with Crippen molar-refractivity contribution in [3.63, 3.8) is 0 Å². The van der Waals surface area contributed by atoms with Gasteiger partial charge in [0, 0.05) is 37.9 Å². The van der Waals surface area contributed by atoms with Gasteiger partial charge in [0.25, 0.3) is 0 Å². The Morgan fingerprint density at radius 3 is 2.48 bits per heavy atom. The molecule has 158 valence electrons. The number of carbonyl (C=O) groups excluding carboxylic acids is 2. The summed E-state index contributed by atoms with van der Waals surface area (Å²) in [4.78, 5) is 37.1. The first-order valence-corrected chi connectivity index (χ1v) is 10.4. The van der Waals surface area contributed by atoms with Crippen molar-refractivity contribution in [1.82, 2.24) is 10.2 Å². The van der Waals surface area contributed by atoms with Crippen molar-refractivity contribution < 1.29 is 23.9 Å². The number of benzene rings is 1. The monoisotopic (exact) mass is 404 g/mol. The fourth-order valence-corrected chi connectivity index (χ4v) is 4.49. The summed E-state index contributed by atoms with van der Waals surface area (Å²) in [6.45, 7) is 1.32. The molecule has 2 aliphatic rings. The van der Waals surface area contributed by atoms with Crippen LogP contribution in [0.2, 0.25) is 0 Å². The third kappa shape index (κ3) is 5.78. The Balaban J connectivity index is 1.47. The minimum atomic E-state index is -0.895. The Kier molecular flexibility index (Phi) is 6.87. The third-order valence-corrected chi connectivity index (χ3v) is 6.30. The van der Waals surface area contributed by atoms with Crippen LogP contribution in [0.25, 0.3) is 0 Å². The molecule has 0 aliphatic carbocycles. The first kappa shape index (κ1) is 21.3. The van der Waals surface area contributed by atoms with Crippen LogP contribution in [0, 0.1) is 11.7 Å². The number of rotatable bonds is 8. The van der Waals surface area contributed by atoms with E-state index >= 15 is 0 Å². The number of halogens is 1. The maximum absolute atomic E-state index is 13.8. The molecule has 0 saturated carbocycles. The van der Waals surface area contributed by atoms with Crippen LogP contribution >= 0.6 is 0 Å². The molecule has 0 spiro atoms. The van der Waals surface area contributed by atoms with E-state index in [0.29, 0.717) is 57.5 Å². The Morgan fingerprint density at radius 1 is 1.17 bits per heavy atom. The van der Waals surface area contributed by atoms with Crippen molar-refractivity contribution in [2.24, 2.45) is 5.92 Å². The van der Waals surface area contributed by atoms with Crippen LogP contribution < -0.4 is 5.32 Å². The van der Waals surface area contributed by atoms with Gasteiger partial charge in [-0.1, -0.05) is 18.2 Å². The number of likely N-dealkylation sites (tertiary alicyclic amines) is 1. The van der Waals surface area contributed by atoms with Crippen molar-refractivity contribution in [2.75, 3.05) is 13.1 Å². The molecule has 2 aliphatic heterocycles. The number of piperidine rings is 1. The van der Waals surface area contributed by atoms with E-state index < -0.39 is 11.5 Å². The summed E-state index contributed by atoms with van der Waals surface area (Å²) in [6, 6.07) is 6.84. The normalized spacial score (nSPS) is 22.5. The second kappa shape index (κ2) is 9.37. The molecule has 2 amide bonds. The molecule has 0 aromatic heterocycles. The molecule has 1 aromatic rings. The minimum Gasteiger partial charge on any atom is -0.481 e. The van der Waals surface area contributed by atoms with E-state index in [1.807, 2.05) is 17.0 Å². The maximum atomic E-state index is 13.8.